The lowest BCUT2D eigenvalue weighted by Crippen LogP contribution is -2.41. The van der Waals surface area contributed by atoms with E-state index in [1.54, 1.807) is 0 Å². The SMILES string of the molecule is CCNC1COCC1CN(CC)CC. The van der Waals surface area contributed by atoms with Gasteiger partial charge in [-0.1, -0.05) is 20.8 Å². The van der Waals surface area contributed by atoms with Gasteiger partial charge in [0.15, 0.2) is 0 Å². The minimum Gasteiger partial charge on any atom is -0.379 e. The van der Waals surface area contributed by atoms with E-state index in [2.05, 4.69) is 31.0 Å². The first-order valence-corrected chi connectivity index (χ1v) is 5.85. The van der Waals surface area contributed by atoms with Crippen LogP contribution in [0.15, 0.2) is 0 Å². The van der Waals surface area contributed by atoms with Gasteiger partial charge in [0.25, 0.3) is 0 Å². The molecule has 0 bridgehead atoms. The van der Waals surface area contributed by atoms with Crippen LogP contribution in [-0.4, -0.2) is 50.3 Å². The molecule has 1 rings (SSSR count). The molecule has 3 heteroatoms. The molecule has 2 atom stereocenters. The van der Waals surface area contributed by atoms with Crippen molar-refractivity contribution in [2.75, 3.05) is 39.4 Å². The molecule has 0 spiro atoms. The lowest BCUT2D eigenvalue weighted by Gasteiger charge is -2.25. The largest absolute Gasteiger partial charge is 0.379 e. The summed E-state index contributed by atoms with van der Waals surface area (Å²) in [4.78, 5) is 2.48. The Kier molecular flexibility index (Phi) is 5.45. The molecule has 1 saturated heterocycles. The van der Waals surface area contributed by atoms with E-state index < -0.39 is 0 Å². The minimum absolute atomic E-state index is 0.570. The molecule has 0 aromatic rings. The Hall–Kier alpha value is -0.120. The summed E-state index contributed by atoms with van der Waals surface area (Å²) >= 11 is 0. The van der Waals surface area contributed by atoms with Crippen molar-refractivity contribution in [2.45, 2.75) is 26.8 Å². The Morgan fingerprint density at radius 2 is 1.93 bits per heavy atom. The zero-order valence-electron chi connectivity index (χ0n) is 9.75. The van der Waals surface area contributed by atoms with Crippen molar-refractivity contribution >= 4 is 0 Å². The summed E-state index contributed by atoms with van der Waals surface area (Å²) in [5.41, 5.74) is 0. The van der Waals surface area contributed by atoms with Gasteiger partial charge >= 0.3 is 0 Å². The van der Waals surface area contributed by atoms with E-state index in [0.29, 0.717) is 12.0 Å². The third kappa shape index (κ3) is 3.23. The van der Waals surface area contributed by atoms with E-state index in [1.807, 2.05) is 0 Å². The molecular formula is C11H24N2O. The van der Waals surface area contributed by atoms with Crippen LogP contribution in [0.5, 0.6) is 0 Å². The average molecular weight is 200 g/mol. The molecule has 1 N–H and O–H groups in total. The van der Waals surface area contributed by atoms with Gasteiger partial charge in [-0.05, 0) is 19.6 Å². The summed E-state index contributed by atoms with van der Waals surface area (Å²) in [6.45, 7) is 12.9. The molecule has 0 aromatic carbocycles. The van der Waals surface area contributed by atoms with Crippen molar-refractivity contribution in [3.05, 3.63) is 0 Å². The van der Waals surface area contributed by atoms with Crippen LogP contribution < -0.4 is 5.32 Å². The van der Waals surface area contributed by atoms with E-state index in [1.165, 1.54) is 6.54 Å². The van der Waals surface area contributed by atoms with Crippen LogP contribution in [0.1, 0.15) is 20.8 Å². The van der Waals surface area contributed by atoms with Crippen molar-refractivity contribution in [2.24, 2.45) is 5.92 Å². The van der Waals surface area contributed by atoms with Crippen LogP contribution in [0.4, 0.5) is 0 Å². The molecule has 0 radical (unpaired) electrons. The van der Waals surface area contributed by atoms with E-state index in [-0.39, 0.29) is 0 Å². The van der Waals surface area contributed by atoms with Gasteiger partial charge in [-0.15, -0.1) is 0 Å². The van der Waals surface area contributed by atoms with Crippen LogP contribution in [0, 0.1) is 5.92 Å². The highest BCUT2D eigenvalue weighted by atomic mass is 16.5. The fraction of sp³-hybridized carbons (Fsp3) is 1.00. The van der Waals surface area contributed by atoms with Crippen molar-refractivity contribution in [3.63, 3.8) is 0 Å². The second-order valence-electron chi connectivity index (χ2n) is 3.95. The molecule has 0 saturated carbocycles. The summed E-state index contributed by atoms with van der Waals surface area (Å²) in [5.74, 6) is 0.676. The second kappa shape index (κ2) is 6.38. The number of ether oxygens (including phenoxy) is 1. The van der Waals surface area contributed by atoms with Crippen LogP contribution in [0.3, 0.4) is 0 Å². The maximum absolute atomic E-state index is 5.52. The summed E-state index contributed by atoms with van der Waals surface area (Å²) in [6, 6.07) is 0.570. The van der Waals surface area contributed by atoms with Gasteiger partial charge in [0.1, 0.15) is 0 Å². The van der Waals surface area contributed by atoms with Gasteiger partial charge in [-0.3, -0.25) is 0 Å². The van der Waals surface area contributed by atoms with Gasteiger partial charge in [0.2, 0.25) is 0 Å². The van der Waals surface area contributed by atoms with Crippen LogP contribution >= 0.6 is 0 Å². The van der Waals surface area contributed by atoms with Crippen molar-refractivity contribution in [3.8, 4) is 0 Å². The predicted octanol–water partition coefficient (Wildman–Crippen LogP) is 0.953. The first kappa shape index (κ1) is 12.0. The molecular weight excluding hydrogens is 176 g/mol. The van der Waals surface area contributed by atoms with E-state index in [4.69, 9.17) is 4.74 Å². The third-order valence-corrected chi connectivity index (χ3v) is 3.05. The van der Waals surface area contributed by atoms with E-state index in [0.717, 1.165) is 32.8 Å². The fourth-order valence-corrected chi connectivity index (χ4v) is 2.08. The molecule has 1 aliphatic rings. The summed E-state index contributed by atoms with van der Waals surface area (Å²) in [5, 5.41) is 3.50. The molecule has 3 nitrogen and oxygen atoms in total. The number of hydrogen-bond donors (Lipinski definition) is 1. The smallest absolute Gasteiger partial charge is 0.0623 e. The Bertz CT molecular complexity index is 148. The molecule has 84 valence electrons. The summed E-state index contributed by atoms with van der Waals surface area (Å²) < 4.78 is 5.52. The maximum atomic E-state index is 5.52. The zero-order chi connectivity index (χ0) is 10.4. The minimum atomic E-state index is 0.570. The van der Waals surface area contributed by atoms with Crippen molar-refractivity contribution < 1.29 is 4.74 Å². The van der Waals surface area contributed by atoms with Gasteiger partial charge in [0.05, 0.1) is 13.2 Å². The zero-order valence-corrected chi connectivity index (χ0v) is 9.75. The maximum Gasteiger partial charge on any atom is 0.0623 e. The highest BCUT2D eigenvalue weighted by molar-refractivity contribution is 4.82. The number of rotatable bonds is 6. The molecule has 1 fully saturated rings. The molecule has 1 heterocycles. The third-order valence-electron chi connectivity index (χ3n) is 3.05. The highest BCUT2D eigenvalue weighted by Crippen LogP contribution is 2.14. The summed E-state index contributed by atoms with van der Waals surface area (Å²) in [6.07, 6.45) is 0. The average Bonchev–Trinajstić information content (AvgIpc) is 2.62. The lowest BCUT2D eigenvalue weighted by atomic mass is 10.0. The van der Waals surface area contributed by atoms with Crippen molar-refractivity contribution in [1.29, 1.82) is 0 Å². The standard InChI is InChI=1S/C11H24N2O/c1-4-12-11-9-14-8-10(11)7-13(5-2)6-3/h10-12H,4-9H2,1-3H3. The van der Waals surface area contributed by atoms with Gasteiger partial charge in [0, 0.05) is 18.5 Å². The predicted molar refractivity (Wildman–Crippen MR) is 59.6 cm³/mol. The highest BCUT2D eigenvalue weighted by Gasteiger charge is 2.28. The monoisotopic (exact) mass is 200 g/mol. The Morgan fingerprint density at radius 3 is 2.50 bits per heavy atom. The first-order chi connectivity index (χ1) is 6.81. The molecule has 14 heavy (non-hydrogen) atoms. The molecule has 2 unspecified atom stereocenters. The normalized spacial score (nSPS) is 27.4. The molecule has 0 aliphatic carbocycles. The van der Waals surface area contributed by atoms with Gasteiger partial charge in [-0.25, -0.2) is 0 Å². The van der Waals surface area contributed by atoms with E-state index >= 15 is 0 Å². The first-order valence-electron chi connectivity index (χ1n) is 5.85. The van der Waals surface area contributed by atoms with Crippen LogP contribution in [-0.2, 0) is 4.74 Å². The Balaban J connectivity index is 2.34. The Morgan fingerprint density at radius 1 is 1.21 bits per heavy atom. The number of nitrogens with zero attached hydrogens (tertiary/aromatic N) is 1. The van der Waals surface area contributed by atoms with Gasteiger partial charge < -0.3 is 15.0 Å². The van der Waals surface area contributed by atoms with E-state index in [9.17, 15) is 0 Å². The molecule has 1 aliphatic heterocycles. The molecule has 0 amide bonds. The fourth-order valence-electron chi connectivity index (χ4n) is 2.08. The van der Waals surface area contributed by atoms with Gasteiger partial charge in [-0.2, -0.15) is 0 Å². The topological polar surface area (TPSA) is 24.5 Å². The number of nitrogens with one attached hydrogen (secondary N) is 1. The second-order valence-corrected chi connectivity index (χ2v) is 3.95. The lowest BCUT2D eigenvalue weighted by molar-refractivity contribution is 0.170. The quantitative estimate of drug-likeness (QED) is 0.691. The summed E-state index contributed by atoms with van der Waals surface area (Å²) in [7, 11) is 0. The Labute approximate surface area is 87.8 Å². The number of likely N-dealkylation sites (N-methyl/N-ethyl adjacent to an activating group) is 1. The van der Waals surface area contributed by atoms with Crippen molar-refractivity contribution in [1.82, 2.24) is 10.2 Å². The number of hydrogen-bond acceptors (Lipinski definition) is 3. The van der Waals surface area contributed by atoms with Crippen LogP contribution in [0.25, 0.3) is 0 Å². The molecule has 0 aromatic heterocycles. The van der Waals surface area contributed by atoms with Crippen LogP contribution in [0.2, 0.25) is 0 Å².